The first kappa shape index (κ1) is 37.3. The van der Waals surface area contributed by atoms with E-state index in [1.807, 2.05) is 50.2 Å². The molecule has 272 valence electrons. The largest absolute Gasteiger partial charge is 0.508 e. The molecular weight excluding hydrogens is 628 g/mol. The van der Waals surface area contributed by atoms with Gasteiger partial charge in [-0.05, 0) is 97.1 Å². The molecule has 10 nitrogen and oxygen atoms in total. The molecule has 2 aromatic carbocycles. The Hall–Kier alpha value is -3.92. The van der Waals surface area contributed by atoms with Gasteiger partial charge < -0.3 is 26.8 Å². The number of nitrogens with two attached hydrogens (primary N) is 1. The van der Waals surface area contributed by atoms with Gasteiger partial charge in [-0.2, -0.15) is 0 Å². The molecule has 0 aromatic heterocycles. The summed E-state index contributed by atoms with van der Waals surface area (Å²) in [6.45, 7) is 13.3. The summed E-state index contributed by atoms with van der Waals surface area (Å²) in [6, 6.07) is 15.4. The molecule has 1 saturated carbocycles. The van der Waals surface area contributed by atoms with Crippen molar-refractivity contribution in [1.82, 2.24) is 20.9 Å². The Balaban J connectivity index is 1.20. The summed E-state index contributed by atoms with van der Waals surface area (Å²) in [5, 5.41) is 19.0. The zero-order valence-electron chi connectivity index (χ0n) is 30.6. The molecule has 6 atom stereocenters. The number of amides is 3. The average molecular weight is 687 g/mol. The molecule has 6 N–H and O–H groups in total. The second-order valence-electron chi connectivity index (χ2n) is 15.5. The van der Waals surface area contributed by atoms with Crippen LogP contribution in [0.5, 0.6) is 5.75 Å². The van der Waals surface area contributed by atoms with Crippen LogP contribution in [0, 0.1) is 17.8 Å². The molecular formula is C40H58N6O4. The van der Waals surface area contributed by atoms with Crippen LogP contribution in [0.3, 0.4) is 0 Å². The van der Waals surface area contributed by atoms with Crippen LogP contribution in [0.1, 0.15) is 89.8 Å². The highest BCUT2D eigenvalue weighted by Gasteiger charge is 2.62. The highest BCUT2D eigenvalue weighted by Crippen LogP contribution is 2.56. The number of aliphatic imine (C=N–C) groups is 1. The molecule has 50 heavy (non-hydrogen) atoms. The summed E-state index contributed by atoms with van der Waals surface area (Å²) < 4.78 is 0. The number of carbonyl (C=O) groups excluding carboxylic acids is 3. The summed E-state index contributed by atoms with van der Waals surface area (Å²) in [4.78, 5) is 47.2. The maximum Gasteiger partial charge on any atom is 0.242 e. The van der Waals surface area contributed by atoms with Crippen molar-refractivity contribution in [2.24, 2.45) is 28.5 Å². The molecule has 2 aliphatic carbocycles. The first-order valence-electron chi connectivity index (χ1n) is 18.6. The number of piperidine rings is 1. The molecule has 1 heterocycles. The standard InChI is InChI=1S/C40H58N6O4/c1-6-11-35(41)42-17-10-18-43-37(49)33(20-26(2)3)45-36(48)24-44-38(50)40(29-12-8-7-9-13-29)23-30(40)25-46-19-16-39(5)27(4)34(46)21-28-14-15-31(47)22-32(28)39/h7-9,12-15,22,26-27,30,33-34,47H,6,10-11,16-21,23-25H2,1-5H3,(H2,41,42)(H,43,49)(H,44,50)(H,45,48)/t27-,30-,33+,34-,39-,40+/m1/s1. The average Bonchev–Trinajstić information content (AvgIpc) is 3.81. The van der Waals surface area contributed by atoms with Gasteiger partial charge in [0, 0.05) is 32.1 Å². The van der Waals surface area contributed by atoms with Crippen molar-refractivity contribution in [3.05, 3.63) is 65.2 Å². The number of carbonyl (C=O) groups is 3. The lowest BCUT2D eigenvalue weighted by Gasteiger charge is -2.55. The highest BCUT2D eigenvalue weighted by molar-refractivity contribution is 5.95. The Morgan fingerprint density at radius 3 is 2.60 bits per heavy atom. The van der Waals surface area contributed by atoms with Crippen LogP contribution >= 0.6 is 0 Å². The monoisotopic (exact) mass is 686 g/mol. The predicted molar refractivity (Wildman–Crippen MR) is 198 cm³/mol. The van der Waals surface area contributed by atoms with Crippen molar-refractivity contribution >= 4 is 23.6 Å². The van der Waals surface area contributed by atoms with Crippen molar-refractivity contribution in [2.75, 3.05) is 32.7 Å². The molecule has 0 radical (unpaired) electrons. The Labute approximate surface area is 298 Å². The van der Waals surface area contributed by atoms with Crippen molar-refractivity contribution in [3.63, 3.8) is 0 Å². The van der Waals surface area contributed by atoms with E-state index in [1.54, 1.807) is 6.07 Å². The van der Waals surface area contributed by atoms with Crippen molar-refractivity contribution < 1.29 is 19.5 Å². The van der Waals surface area contributed by atoms with Crippen LogP contribution in [0.2, 0.25) is 0 Å². The molecule has 2 aromatic rings. The molecule has 1 aliphatic heterocycles. The summed E-state index contributed by atoms with van der Waals surface area (Å²) in [5.74, 6) is 0.905. The summed E-state index contributed by atoms with van der Waals surface area (Å²) >= 11 is 0. The minimum absolute atomic E-state index is 0.0000205. The smallest absolute Gasteiger partial charge is 0.242 e. The van der Waals surface area contributed by atoms with E-state index in [9.17, 15) is 19.5 Å². The number of fused-ring (bicyclic) bond motifs is 4. The van der Waals surface area contributed by atoms with Gasteiger partial charge in [0.2, 0.25) is 17.7 Å². The third-order valence-electron chi connectivity index (χ3n) is 11.6. The summed E-state index contributed by atoms with van der Waals surface area (Å²) in [7, 11) is 0. The fourth-order valence-electron chi connectivity index (χ4n) is 8.49. The Morgan fingerprint density at radius 2 is 1.88 bits per heavy atom. The van der Waals surface area contributed by atoms with Gasteiger partial charge in [0.05, 0.1) is 17.8 Å². The fourth-order valence-corrected chi connectivity index (χ4v) is 8.49. The number of nitrogens with zero attached hydrogens (tertiary/aromatic N) is 2. The number of phenols is 1. The van der Waals surface area contributed by atoms with Gasteiger partial charge in [-0.3, -0.25) is 24.3 Å². The molecule has 0 spiro atoms. The zero-order valence-corrected chi connectivity index (χ0v) is 30.6. The SMILES string of the molecule is CCCC(N)=NCCCNC(=O)[C@H](CC(C)C)NC(=O)CNC(=O)[C@]1(c2ccccc2)C[C@@H]1CN1CC[C@@]2(C)c3cc(O)ccc3C[C@@H]1[C@H]2C. The van der Waals surface area contributed by atoms with Gasteiger partial charge >= 0.3 is 0 Å². The molecule has 2 bridgehead atoms. The van der Waals surface area contributed by atoms with Gasteiger partial charge in [-0.25, -0.2) is 0 Å². The number of aromatic hydroxyl groups is 1. The van der Waals surface area contributed by atoms with E-state index >= 15 is 0 Å². The van der Waals surface area contributed by atoms with Crippen molar-refractivity contribution in [1.29, 1.82) is 0 Å². The predicted octanol–water partition coefficient (Wildman–Crippen LogP) is 4.19. The lowest BCUT2D eigenvalue weighted by atomic mass is 9.59. The Morgan fingerprint density at radius 1 is 1.12 bits per heavy atom. The number of benzene rings is 2. The molecule has 5 rings (SSSR count). The van der Waals surface area contributed by atoms with Gasteiger partial charge in [-0.15, -0.1) is 0 Å². The molecule has 2 fully saturated rings. The minimum atomic E-state index is -0.707. The van der Waals surface area contributed by atoms with Crippen LogP contribution < -0.4 is 21.7 Å². The number of hydrogen-bond acceptors (Lipinski definition) is 6. The van der Waals surface area contributed by atoms with Crippen LogP contribution in [0.25, 0.3) is 0 Å². The normalized spacial score (nSPS) is 26.5. The third kappa shape index (κ3) is 8.17. The minimum Gasteiger partial charge on any atom is -0.508 e. The van der Waals surface area contributed by atoms with E-state index in [2.05, 4.69) is 52.7 Å². The first-order chi connectivity index (χ1) is 23.9. The lowest BCUT2D eigenvalue weighted by molar-refractivity contribution is -0.130. The van der Waals surface area contributed by atoms with E-state index in [0.717, 1.165) is 50.8 Å². The number of hydrogen-bond donors (Lipinski definition) is 5. The maximum atomic E-state index is 14.1. The molecule has 3 amide bonds. The van der Waals surface area contributed by atoms with E-state index in [0.29, 0.717) is 49.5 Å². The van der Waals surface area contributed by atoms with E-state index in [1.165, 1.54) is 11.1 Å². The van der Waals surface area contributed by atoms with Crippen LogP contribution in [-0.4, -0.2) is 78.4 Å². The molecule has 10 heteroatoms. The maximum absolute atomic E-state index is 14.1. The second-order valence-corrected chi connectivity index (χ2v) is 15.5. The van der Waals surface area contributed by atoms with Crippen LogP contribution in [-0.2, 0) is 31.6 Å². The summed E-state index contributed by atoms with van der Waals surface area (Å²) in [5.41, 5.74) is 8.71. The number of phenolic OH excluding ortho intramolecular Hbond substituents is 1. The second kappa shape index (κ2) is 16.0. The highest BCUT2D eigenvalue weighted by atomic mass is 16.3. The Kier molecular flexibility index (Phi) is 11.9. The van der Waals surface area contributed by atoms with Crippen LogP contribution in [0.15, 0.2) is 53.5 Å². The molecule has 3 aliphatic rings. The van der Waals surface area contributed by atoms with E-state index in [4.69, 9.17) is 5.73 Å². The number of amidine groups is 1. The van der Waals surface area contributed by atoms with Gasteiger partial charge in [0.15, 0.2) is 0 Å². The molecule has 1 saturated heterocycles. The van der Waals surface area contributed by atoms with Crippen molar-refractivity contribution in [2.45, 2.75) is 102 Å². The van der Waals surface area contributed by atoms with E-state index in [-0.39, 0.29) is 41.5 Å². The quantitative estimate of drug-likeness (QED) is 0.102. The number of rotatable bonds is 16. The van der Waals surface area contributed by atoms with E-state index < -0.39 is 11.5 Å². The fraction of sp³-hybridized carbons (Fsp3) is 0.600. The Bertz CT molecular complexity index is 1550. The number of nitrogens with one attached hydrogen (secondary N) is 3. The lowest BCUT2D eigenvalue weighted by Crippen LogP contribution is -2.58. The van der Waals surface area contributed by atoms with Gasteiger partial charge in [-0.1, -0.05) is 71.0 Å². The summed E-state index contributed by atoms with van der Waals surface area (Å²) in [6.07, 6.45) is 5.49. The topological polar surface area (TPSA) is 149 Å². The van der Waals surface area contributed by atoms with Crippen LogP contribution in [0.4, 0.5) is 0 Å². The van der Waals surface area contributed by atoms with Crippen molar-refractivity contribution in [3.8, 4) is 5.75 Å². The first-order valence-corrected chi connectivity index (χ1v) is 18.6. The van der Waals surface area contributed by atoms with Gasteiger partial charge in [0.1, 0.15) is 11.8 Å². The third-order valence-corrected chi connectivity index (χ3v) is 11.6. The zero-order chi connectivity index (χ0) is 36.1. The number of likely N-dealkylation sites (tertiary alicyclic amines) is 1. The molecule has 0 unspecified atom stereocenters. The van der Waals surface area contributed by atoms with Gasteiger partial charge in [0.25, 0.3) is 0 Å².